The predicted octanol–water partition coefficient (Wildman–Crippen LogP) is 3.50. The zero-order chi connectivity index (χ0) is 12.5. The summed E-state index contributed by atoms with van der Waals surface area (Å²) in [4.78, 5) is 14.6. The van der Waals surface area contributed by atoms with Crippen molar-refractivity contribution in [3.05, 3.63) is 70.5 Å². The summed E-state index contributed by atoms with van der Waals surface area (Å²) in [5.74, 6) is 0. The van der Waals surface area contributed by atoms with Crippen molar-refractivity contribution in [3.63, 3.8) is 0 Å². The Morgan fingerprint density at radius 2 is 1.78 bits per heavy atom. The molecular formula is C16H13NO. The monoisotopic (exact) mass is 235 g/mol. The minimum atomic E-state index is -0.0646. The number of aryl methyl sites for hydroxylation is 1. The Morgan fingerprint density at radius 3 is 2.61 bits per heavy atom. The molecule has 0 aliphatic heterocycles. The number of fused-ring (bicyclic) bond motifs is 1. The van der Waals surface area contributed by atoms with E-state index in [1.54, 1.807) is 6.07 Å². The molecule has 0 radical (unpaired) electrons. The van der Waals surface area contributed by atoms with Crippen LogP contribution in [0.1, 0.15) is 5.56 Å². The number of aromatic nitrogens is 1. The Kier molecular flexibility index (Phi) is 2.49. The predicted molar refractivity (Wildman–Crippen MR) is 74.7 cm³/mol. The molecule has 1 N–H and O–H groups in total. The SMILES string of the molecule is Cc1cccc(-c2cc(=O)[nH]c3ccccc23)c1. The standard InChI is InChI=1S/C16H13NO/c1-11-5-4-6-12(9-11)14-10-16(18)17-15-8-3-2-7-13(14)15/h2-10H,1H3,(H,17,18). The van der Waals surface area contributed by atoms with Crippen molar-refractivity contribution in [3.8, 4) is 11.1 Å². The normalized spacial score (nSPS) is 10.7. The molecule has 18 heavy (non-hydrogen) atoms. The van der Waals surface area contributed by atoms with Crippen molar-refractivity contribution in [2.24, 2.45) is 0 Å². The molecule has 0 fully saturated rings. The van der Waals surface area contributed by atoms with Gasteiger partial charge in [-0.1, -0.05) is 48.0 Å². The van der Waals surface area contributed by atoms with E-state index < -0.39 is 0 Å². The van der Waals surface area contributed by atoms with Crippen molar-refractivity contribution < 1.29 is 0 Å². The molecule has 0 aliphatic rings. The van der Waals surface area contributed by atoms with E-state index in [9.17, 15) is 4.79 Å². The van der Waals surface area contributed by atoms with Crippen molar-refractivity contribution in [2.75, 3.05) is 0 Å². The second-order valence-electron chi connectivity index (χ2n) is 4.46. The molecular weight excluding hydrogens is 222 g/mol. The Labute approximate surface area is 105 Å². The number of pyridine rings is 1. The second-order valence-corrected chi connectivity index (χ2v) is 4.46. The fraction of sp³-hybridized carbons (Fsp3) is 0.0625. The minimum Gasteiger partial charge on any atom is -0.322 e. The molecule has 0 aliphatic carbocycles. The highest BCUT2D eigenvalue weighted by Gasteiger charge is 2.05. The number of benzene rings is 2. The fourth-order valence-electron chi connectivity index (χ4n) is 2.26. The van der Waals surface area contributed by atoms with Crippen molar-refractivity contribution in [1.82, 2.24) is 4.98 Å². The molecule has 3 rings (SSSR count). The van der Waals surface area contributed by atoms with Gasteiger partial charge in [-0.25, -0.2) is 0 Å². The van der Waals surface area contributed by atoms with Crippen LogP contribution < -0.4 is 5.56 Å². The summed E-state index contributed by atoms with van der Waals surface area (Å²) in [6.45, 7) is 2.05. The third-order valence-corrected chi connectivity index (χ3v) is 3.08. The molecule has 2 heteroatoms. The fourth-order valence-corrected chi connectivity index (χ4v) is 2.26. The first-order chi connectivity index (χ1) is 8.74. The van der Waals surface area contributed by atoms with E-state index in [4.69, 9.17) is 0 Å². The molecule has 0 saturated heterocycles. The summed E-state index contributed by atoms with van der Waals surface area (Å²) in [7, 11) is 0. The van der Waals surface area contributed by atoms with Crippen molar-refractivity contribution >= 4 is 10.9 Å². The summed E-state index contributed by atoms with van der Waals surface area (Å²) in [5, 5.41) is 1.07. The van der Waals surface area contributed by atoms with E-state index >= 15 is 0 Å². The van der Waals surface area contributed by atoms with Gasteiger partial charge in [0.2, 0.25) is 5.56 Å². The molecule has 0 atom stereocenters. The molecule has 1 heterocycles. The Balaban J connectivity index is 2.38. The number of para-hydroxylation sites is 1. The Hall–Kier alpha value is -2.35. The summed E-state index contributed by atoms with van der Waals surface area (Å²) < 4.78 is 0. The average molecular weight is 235 g/mol. The summed E-state index contributed by atoms with van der Waals surface area (Å²) in [5.41, 5.74) is 4.07. The second kappa shape index (κ2) is 4.15. The van der Waals surface area contributed by atoms with Crippen LogP contribution in [0.5, 0.6) is 0 Å². The number of hydrogen-bond donors (Lipinski definition) is 1. The molecule has 0 spiro atoms. The number of nitrogens with one attached hydrogen (secondary N) is 1. The Morgan fingerprint density at radius 1 is 0.944 bits per heavy atom. The van der Waals surface area contributed by atoms with Crippen LogP contribution in [-0.2, 0) is 0 Å². The first-order valence-corrected chi connectivity index (χ1v) is 5.93. The van der Waals surface area contributed by atoms with Crippen molar-refractivity contribution in [1.29, 1.82) is 0 Å². The van der Waals surface area contributed by atoms with Gasteiger partial charge in [0.05, 0.1) is 0 Å². The summed E-state index contributed by atoms with van der Waals surface area (Å²) >= 11 is 0. The lowest BCUT2D eigenvalue weighted by Gasteiger charge is -2.07. The topological polar surface area (TPSA) is 32.9 Å². The highest BCUT2D eigenvalue weighted by Crippen LogP contribution is 2.26. The van der Waals surface area contributed by atoms with Crippen LogP contribution in [0.4, 0.5) is 0 Å². The highest BCUT2D eigenvalue weighted by molar-refractivity contribution is 5.94. The number of H-pyrrole nitrogens is 1. The van der Waals surface area contributed by atoms with Gasteiger partial charge in [0.15, 0.2) is 0 Å². The van der Waals surface area contributed by atoms with Crippen LogP contribution in [0.2, 0.25) is 0 Å². The molecule has 2 nitrogen and oxygen atoms in total. The maximum atomic E-state index is 11.7. The number of rotatable bonds is 1. The zero-order valence-corrected chi connectivity index (χ0v) is 10.1. The van der Waals surface area contributed by atoms with Gasteiger partial charge in [-0.3, -0.25) is 4.79 Å². The quantitative estimate of drug-likeness (QED) is 0.688. The van der Waals surface area contributed by atoms with E-state index in [1.165, 1.54) is 5.56 Å². The first-order valence-electron chi connectivity index (χ1n) is 5.93. The van der Waals surface area contributed by atoms with Crippen LogP contribution >= 0.6 is 0 Å². The Bertz CT molecular complexity index is 771. The van der Waals surface area contributed by atoms with Gasteiger partial charge < -0.3 is 4.98 Å². The van der Waals surface area contributed by atoms with Gasteiger partial charge in [-0.05, 0) is 24.1 Å². The third-order valence-electron chi connectivity index (χ3n) is 3.08. The van der Waals surface area contributed by atoms with Crippen molar-refractivity contribution in [2.45, 2.75) is 6.92 Å². The van der Waals surface area contributed by atoms with Gasteiger partial charge in [0.1, 0.15) is 0 Å². The summed E-state index contributed by atoms with van der Waals surface area (Å²) in [6, 6.07) is 17.7. The lowest BCUT2D eigenvalue weighted by atomic mass is 10.00. The minimum absolute atomic E-state index is 0.0646. The lowest BCUT2D eigenvalue weighted by molar-refractivity contribution is 1.31. The van der Waals surface area contributed by atoms with E-state index in [0.29, 0.717) is 0 Å². The molecule has 88 valence electrons. The number of aromatic amines is 1. The third kappa shape index (κ3) is 1.82. The molecule has 0 bridgehead atoms. The van der Waals surface area contributed by atoms with Crippen LogP contribution in [0.25, 0.3) is 22.0 Å². The van der Waals surface area contributed by atoms with Crippen LogP contribution in [0.15, 0.2) is 59.4 Å². The molecule has 0 unspecified atom stereocenters. The van der Waals surface area contributed by atoms with Crippen LogP contribution in [0, 0.1) is 6.92 Å². The smallest absolute Gasteiger partial charge is 0.249 e. The molecule has 2 aromatic carbocycles. The maximum absolute atomic E-state index is 11.7. The van der Waals surface area contributed by atoms with Crippen LogP contribution in [-0.4, -0.2) is 4.98 Å². The highest BCUT2D eigenvalue weighted by atomic mass is 16.1. The first kappa shape index (κ1) is 10.8. The average Bonchev–Trinajstić information content (AvgIpc) is 2.37. The van der Waals surface area contributed by atoms with Gasteiger partial charge in [-0.15, -0.1) is 0 Å². The largest absolute Gasteiger partial charge is 0.322 e. The molecule has 0 saturated carbocycles. The zero-order valence-electron chi connectivity index (χ0n) is 10.1. The van der Waals surface area contributed by atoms with Gasteiger partial charge >= 0.3 is 0 Å². The van der Waals surface area contributed by atoms with Gasteiger partial charge in [-0.2, -0.15) is 0 Å². The molecule has 1 aromatic heterocycles. The maximum Gasteiger partial charge on any atom is 0.249 e. The summed E-state index contributed by atoms with van der Waals surface area (Å²) in [6.07, 6.45) is 0. The molecule has 3 aromatic rings. The van der Waals surface area contributed by atoms with E-state index in [-0.39, 0.29) is 5.56 Å². The van der Waals surface area contributed by atoms with Crippen LogP contribution in [0.3, 0.4) is 0 Å². The molecule has 0 amide bonds. The van der Waals surface area contributed by atoms with E-state index in [0.717, 1.165) is 22.0 Å². The van der Waals surface area contributed by atoms with Gasteiger partial charge in [0, 0.05) is 17.0 Å². The van der Waals surface area contributed by atoms with E-state index in [2.05, 4.69) is 24.0 Å². The van der Waals surface area contributed by atoms with Gasteiger partial charge in [0.25, 0.3) is 0 Å². The van der Waals surface area contributed by atoms with E-state index in [1.807, 2.05) is 36.4 Å². The lowest BCUT2D eigenvalue weighted by Crippen LogP contribution is -2.04. The number of hydrogen-bond acceptors (Lipinski definition) is 1.